The smallest absolute Gasteiger partial charge is 0.255 e. The number of anilines is 1. The Bertz CT molecular complexity index is 638. The van der Waals surface area contributed by atoms with Crippen molar-refractivity contribution in [1.82, 2.24) is 4.90 Å². The van der Waals surface area contributed by atoms with E-state index in [-0.39, 0.29) is 5.91 Å². The molecule has 0 fully saturated rings. The molecule has 5 heteroatoms. The number of amides is 1. The standard InChI is InChI=1S/C14H13ClN2OS/c15-12-7-10(16)1-2-11(12)14(18)17-5-3-13-9(8-17)4-6-19-13/h1-2,4,6-7H,3,5,8,16H2. The van der Waals surface area contributed by atoms with Crippen molar-refractivity contribution < 1.29 is 4.79 Å². The van der Waals surface area contributed by atoms with Gasteiger partial charge in [-0.2, -0.15) is 0 Å². The van der Waals surface area contributed by atoms with Crippen molar-refractivity contribution in [3.8, 4) is 0 Å². The van der Waals surface area contributed by atoms with Crippen molar-refractivity contribution in [2.75, 3.05) is 12.3 Å². The zero-order valence-corrected chi connectivity index (χ0v) is 11.8. The van der Waals surface area contributed by atoms with Crippen LogP contribution in [0.3, 0.4) is 0 Å². The molecule has 2 aromatic rings. The third-order valence-corrected chi connectivity index (χ3v) is 4.65. The van der Waals surface area contributed by atoms with Crippen LogP contribution in [-0.4, -0.2) is 17.4 Å². The summed E-state index contributed by atoms with van der Waals surface area (Å²) in [7, 11) is 0. The Morgan fingerprint density at radius 2 is 2.21 bits per heavy atom. The SMILES string of the molecule is Nc1ccc(C(=O)N2CCc3sccc3C2)c(Cl)c1. The third kappa shape index (κ3) is 2.33. The molecule has 0 saturated heterocycles. The van der Waals surface area contributed by atoms with Crippen LogP contribution in [0.25, 0.3) is 0 Å². The number of fused-ring (bicyclic) bond motifs is 1. The molecule has 3 nitrogen and oxygen atoms in total. The fraction of sp³-hybridized carbons (Fsp3) is 0.214. The number of nitrogen functional groups attached to an aromatic ring is 1. The highest BCUT2D eigenvalue weighted by Gasteiger charge is 2.23. The van der Waals surface area contributed by atoms with Gasteiger partial charge in [0.1, 0.15) is 0 Å². The van der Waals surface area contributed by atoms with Crippen molar-refractivity contribution >= 4 is 34.5 Å². The molecule has 3 rings (SSSR count). The van der Waals surface area contributed by atoms with E-state index in [1.807, 2.05) is 4.90 Å². The van der Waals surface area contributed by atoms with E-state index in [0.29, 0.717) is 22.8 Å². The molecule has 0 atom stereocenters. The molecule has 0 bridgehead atoms. The summed E-state index contributed by atoms with van der Waals surface area (Å²) < 4.78 is 0. The van der Waals surface area contributed by atoms with Gasteiger partial charge in [-0.15, -0.1) is 11.3 Å². The zero-order valence-electron chi connectivity index (χ0n) is 10.2. The number of nitrogens with zero attached hydrogens (tertiary/aromatic N) is 1. The Morgan fingerprint density at radius 1 is 1.37 bits per heavy atom. The molecule has 2 heterocycles. The first-order valence-electron chi connectivity index (χ1n) is 6.04. The van der Waals surface area contributed by atoms with E-state index in [1.165, 1.54) is 10.4 Å². The second kappa shape index (κ2) is 4.87. The monoisotopic (exact) mass is 292 g/mol. The first-order valence-corrected chi connectivity index (χ1v) is 7.30. The molecule has 1 aliphatic heterocycles. The van der Waals surface area contributed by atoms with E-state index >= 15 is 0 Å². The number of carbonyl (C=O) groups excluding carboxylic acids is 1. The van der Waals surface area contributed by atoms with Gasteiger partial charge in [-0.3, -0.25) is 4.79 Å². The highest BCUT2D eigenvalue weighted by atomic mass is 35.5. The second-order valence-corrected chi connectivity index (χ2v) is 5.99. The average Bonchev–Trinajstić information content (AvgIpc) is 2.85. The van der Waals surface area contributed by atoms with Gasteiger partial charge in [0.25, 0.3) is 5.91 Å². The molecule has 98 valence electrons. The van der Waals surface area contributed by atoms with E-state index in [2.05, 4.69) is 11.4 Å². The summed E-state index contributed by atoms with van der Waals surface area (Å²) >= 11 is 7.86. The van der Waals surface area contributed by atoms with E-state index in [1.54, 1.807) is 29.5 Å². The van der Waals surface area contributed by atoms with Gasteiger partial charge in [0.2, 0.25) is 0 Å². The summed E-state index contributed by atoms with van der Waals surface area (Å²) in [6, 6.07) is 7.11. The summed E-state index contributed by atoms with van der Waals surface area (Å²) in [5.74, 6) is -0.0261. The summed E-state index contributed by atoms with van der Waals surface area (Å²) in [5.41, 5.74) is 7.99. The van der Waals surface area contributed by atoms with E-state index in [4.69, 9.17) is 17.3 Å². The molecule has 0 radical (unpaired) electrons. The van der Waals surface area contributed by atoms with Crippen LogP contribution in [0.5, 0.6) is 0 Å². The average molecular weight is 293 g/mol. The van der Waals surface area contributed by atoms with Gasteiger partial charge < -0.3 is 10.6 Å². The number of nitrogens with two attached hydrogens (primary N) is 1. The topological polar surface area (TPSA) is 46.3 Å². The molecule has 0 spiro atoms. The van der Waals surface area contributed by atoms with Crippen molar-refractivity contribution in [2.24, 2.45) is 0 Å². The van der Waals surface area contributed by atoms with Crippen LogP contribution in [-0.2, 0) is 13.0 Å². The van der Waals surface area contributed by atoms with Crippen LogP contribution >= 0.6 is 22.9 Å². The highest BCUT2D eigenvalue weighted by Crippen LogP contribution is 2.27. The summed E-state index contributed by atoms with van der Waals surface area (Å²) in [6.07, 6.45) is 0.922. The summed E-state index contributed by atoms with van der Waals surface area (Å²) in [5, 5.41) is 2.50. The van der Waals surface area contributed by atoms with Gasteiger partial charge in [-0.1, -0.05) is 11.6 Å². The second-order valence-electron chi connectivity index (χ2n) is 4.59. The van der Waals surface area contributed by atoms with Gasteiger partial charge in [0.05, 0.1) is 10.6 Å². The minimum absolute atomic E-state index is 0.0261. The minimum atomic E-state index is -0.0261. The number of thiophene rings is 1. The van der Waals surface area contributed by atoms with Crippen LogP contribution in [0.1, 0.15) is 20.8 Å². The summed E-state index contributed by atoms with van der Waals surface area (Å²) in [4.78, 5) is 15.7. The number of halogens is 1. The largest absolute Gasteiger partial charge is 0.399 e. The van der Waals surface area contributed by atoms with Gasteiger partial charge in [-0.05, 0) is 41.6 Å². The highest BCUT2D eigenvalue weighted by molar-refractivity contribution is 7.10. The Morgan fingerprint density at radius 3 is 3.00 bits per heavy atom. The van der Waals surface area contributed by atoms with Crippen LogP contribution in [0.2, 0.25) is 5.02 Å². The first kappa shape index (κ1) is 12.5. The number of carbonyl (C=O) groups is 1. The number of rotatable bonds is 1. The summed E-state index contributed by atoms with van der Waals surface area (Å²) in [6.45, 7) is 1.41. The normalized spacial score (nSPS) is 14.3. The lowest BCUT2D eigenvalue weighted by Gasteiger charge is -2.27. The lowest BCUT2D eigenvalue weighted by molar-refractivity contribution is 0.0736. The van der Waals surface area contributed by atoms with Crippen molar-refractivity contribution in [2.45, 2.75) is 13.0 Å². The number of hydrogen-bond donors (Lipinski definition) is 1. The molecule has 1 aromatic carbocycles. The van der Waals surface area contributed by atoms with Crippen LogP contribution < -0.4 is 5.73 Å². The van der Waals surface area contributed by atoms with Crippen molar-refractivity contribution in [1.29, 1.82) is 0 Å². The molecular weight excluding hydrogens is 280 g/mol. The Labute approximate surface area is 120 Å². The quantitative estimate of drug-likeness (QED) is 0.821. The maximum atomic E-state index is 12.5. The third-order valence-electron chi connectivity index (χ3n) is 3.32. The molecule has 2 N–H and O–H groups in total. The molecule has 0 saturated carbocycles. The minimum Gasteiger partial charge on any atom is -0.399 e. The molecule has 1 amide bonds. The van der Waals surface area contributed by atoms with Crippen LogP contribution in [0.4, 0.5) is 5.69 Å². The Hall–Kier alpha value is -1.52. The fourth-order valence-electron chi connectivity index (χ4n) is 2.30. The predicted octanol–water partition coefficient (Wildman–Crippen LogP) is 3.18. The van der Waals surface area contributed by atoms with E-state index in [0.717, 1.165) is 13.0 Å². The number of benzene rings is 1. The van der Waals surface area contributed by atoms with Gasteiger partial charge in [0, 0.05) is 23.7 Å². The van der Waals surface area contributed by atoms with Crippen LogP contribution in [0, 0.1) is 0 Å². The molecule has 1 aliphatic rings. The maximum Gasteiger partial charge on any atom is 0.255 e. The van der Waals surface area contributed by atoms with Crippen molar-refractivity contribution in [3.05, 3.63) is 50.7 Å². The van der Waals surface area contributed by atoms with E-state index in [9.17, 15) is 4.79 Å². The van der Waals surface area contributed by atoms with Crippen molar-refractivity contribution in [3.63, 3.8) is 0 Å². The Kier molecular flexibility index (Phi) is 3.21. The van der Waals surface area contributed by atoms with Gasteiger partial charge in [0.15, 0.2) is 0 Å². The first-order chi connectivity index (χ1) is 9.15. The van der Waals surface area contributed by atoms with Gasteiger partial charge >= 0.3 is 0 Å². The van der Waals surface area contributed by atoms with Gasteiger partial charge in [-0.25, -0.2) is 0 Å². The predicted molar refractivity (Wildman–Crippen MR) is 78.6 cm³/mol. The maximum absolute atomic E-state index is 12.5. The number of hydrogen-bond acceptors (Lipinski definition) is 3. The molecule has 0 aliphatic carbocycles. The molecular formula is C14H13ClN2OS. The Balaban J connectivity index is 1.85. The molecule has 0 unspecified atom stereocenters. The molecule has 1 aromatic heterocycles. The van der Waals surface area contributed by atoms with Crippen LogP contribution in [0.15, 0.2) is 29.6 Å². The fourth-order valence-corrected chi connectivity index (χ4v) is 3.46. The lowest BCUT2D eigenvalue weighted by Crippen LogP contribution is -2.35. The lowest BCUT2D eigenvalue weighted by atomic mass is 10.1. The van der Waals surface area contributed by atoms with E-state index < -0.39 is 0 Å². The zero-order chi connectivity index (χ0) is 13.4. The molecule has 19 heavy (non-hydrogen) atoms.